The molecule has 1 saturated heterocycles. The monoisotopic (exact) mass is 426 g/mol. The first-order valence-corrected chi connectivity index (χ1v) is 12.7. The van der Waals surface area contributed by atoms with E-state index in [2.05, 4.69) is 65.5 Å². The van der Waals surface area contributed by atoms with Gasteiger partial charge in [-0.3, -0.25) is 0 Å². The number of hydrogen-bond donors (Lipinski definition) is 1. The van der Waals surface area contributed by atoms with Crippen molar-refractivity contribution in [2.45, 2.75) is 96.9 Å². The summed E-state index contributed by atoms with van der Waals surface area (Å²) in [7, 11) is 0. The molecule has 6 rings (SSSR count). The van der Waals surface area contributed by atoms with Gasteiger partial charge in [0.2, 0.25) is 0 Å². The first-order valence-electron chi connectivity index (χ1n) is 12.7. The van der Waals surface area contributed by atoms with Gasteiger partial charge in [-0.1, -0.05) is 58.1 Å². The van der Waals surface area contributed by atoms with Crippen LogP contribution in [0.25, 0.3) is 0 Å². The molecule has 4 aliphatic carbocycles. The first kappa shape index (κ1) is 21.9. The normalized spacial score (nSPS) is 52.5. The molecule has 172 valence electrons. The topological polar surface area (TPSA) is 38.7 Å². The third-order valence-electron chi connectivity index (χ3n) is 10.8. The maximum absolute atomic E-state index is 10.4. The van der Waals surface area contributed by atoms with Gasteiger partial charge in [0, 0.05) is 23.7 Å². The summed E-state index contributed by atoms with van der Waals surface area (Å²) in [5, 5.41) is 10.4. The van der Waals surface area contributed by atoms with Crippen LogP contribution in [-0.4, -0.2) is 22.4 Å². The highest BCUT2D eigenvalue weighted by molar-refractivity contribution is 5.33. The Morgan fingerprint density at radius 1 is 1.03 bits per heavy atom. The Morgan fingerprint density at radius 2 is 1.81 bits per heavy atom. The predicted octanol–water partition coefficient (Wildman–Crippen LogP) is 6.39. The molecule has 6 aliphatic rings. The Kier molecular flexibility index (Phi) is 4.98. The molecule has 4 fully saturated rings. The van der Waals surface area contributed by atoms with Crippen molar-refractivity contribution in [2.75, 3.05) is 0 Å². The van der Waals surface area contributed by atoms with E-state index >= 15 is 0 Å². The lowest BCUT2D eigenvalue weighted by molar-refractivity contribution is -0.497. The molecule has 3 nitrogen and oxygen atoms in total. The quantitative estimate of drug-likeness (QED) is 0.418. The van der Waals surface area contributed by atoms with E-state index in [1.165, 1.54) is 31.3 Å². The van der Waals surface area contributed by atoms with Crippen LogP contribution in [0.2, 0.25) is 0 Å². The standard InChI is InChI=1S/C28H42O3/c1-18(2)19(3)7-8-20(4)22-9-10-23-25(22,5)13-12-24-26(6)14-11-21(29)17-27(26)15-16-28(23,24)31-30-27/h7-8,15-16,19-24,29H,1,9-14,17H2,2-6H3/b8-7+/t19-,20+,21-,22+,23+,24+,25+,26+,27+,28-/m0/s1. The minimum absolute atomic E-state index is 0.0566. The van der Waals surface area contributed by atoms with Crippen molar-refractivity contribution in [3.05, 3.63) is 36.5 Å². The van der Waals surface area contributed by atoms with E-state index in [1.807, 2.05) is 0 Å². The second-order valence-electron chi connectivity index (χ2n) is 12.3. The van der Waals surface area contributed by atoms with E-state index in [1.54, 1.807) is 0 Å². The molecule has 2 bridgehead atoms. The predicted molar refractivity (Wildman–Crippen MR) is 124 cm³/mol. The van der Waals surface area contributed by atoms with Gasteiger partial charge in [-0.25, -0.2) is 9.78 Å². The highest BCUT2D eigenvalue weighted by Gasteiger charge is 2.74. The zero-order chi connectivity index (χ0) is 22.2. The fraction of sp³-hybridized carbons (Fsp3) is 0.786. The smallest absolute Gasteiger partial charge is 0.130 e. The van der Waals surface area contributed by atoms with Crippen molar-refractivity contribution >= 4 is 0 Å². The van der Waals surface area contributed by atoms with Gasteiger partial charge in [0.05, 0.1) is 6.10 Å². The molecule has 0 aromatic heterocycles. The van der Waals surface area contributed by atoms with Crippen molar-refractivity contribution in [3.8, 4) is 0 Å². The zero-order valence-electron chi connectivity index (χ0n) is 20.2. The maximum Gasteiger partial charge on any atom is 0.130 e. The van der Waals surface area contributed by atoms with Crippen LogP contribution >= 0.6 is 0 Å². The summed E-state index contributed by atoms with van der Waals surface area (Å²) in [6.07, 6.45) is 16.7. The van der Waals surface area contributed by atoms with E-state index in [4.69, 9.17) is 9.78 Å². The molecule has 2 heterocycles. The second kappa shape index (κ2) is 7.05. The Morgan fingerprint density at radius 3 is 2.48 bits per heavy atom. The Hall–Kier alpha value is -0.900. The summed E-state index contributed by atoms with van der Waals surface area (Å²) in [6.45, 7) is 15.8. The number of rotatable bonds is 4. The fourth-order valence-corrected chi connectivity index (χ4v) is 8.64. The largest absolute Gasteiger partial charge is 0.393 e. The highest BCUT2D eigenvalue weighted by Crippen LogP contribution is 2.72. The molecule has 0 aromatic rings. The lowest BCUT2D eigenvalue weighted by atomic mass is 9.43. The zero-order valence-corrected chi connectivity index (χ0v) is 20.2. The first-order chi connectivity index (χ1) is 14.6. The SMILES string of the molecule is C=C(C)[C@@H](C)/C=C/[C@@H](C)[C@H]1CC[C@@H]2[C@]1(C)CC[C@H]1[C@]23C=C[C@]2(C[C@@H](O)CC[C@]12C)OO3. The van der Waals surface area contributed by atoms with Crippen LogP contribution in [0.1, 0.15) is 79.6 Å². The number of aliphatic hydroxyl groups excluding tert-OH is 1. The van der Waals surface area contributed by atoms with Crippen LogP contribution < -0.4 is 0 Å². The summed E-state index contributed by atoms with van der Waals surface area (Å²) < 4.78 is 0. The van der Waals surface area contributed by atoms with Gasteiger partial charge in [-0.15, -0.1) is 0 Å². The van der Waals surface area contributed by atoms with E-state index in [9.17, 15) is 5.11 Å². The number of allylic oxidation sites excluding steroid dienone is 3. The molecule has 0 amide bonds. The van der Waals surface area contributed by atoms with Crippen molar-refractivity contribution in [2.24, 2.45) is 40.4 Å². The number of aliphatic hydroxyl groups is 1. The highest BCUT2D eigenvalue weighted by atomic mass is 17.2. The van der Waals surface area contributed by atoms with Crippen LogP contribution in [0.15, 0.2) is 36.5 Å². The molecule has 31 heavy (non-hydrogen) atoms. The third-order valence-corrected chi connectivity index (χ3v) is 10.8. The number of fused-ring (bicyclic) bond motifs is 2. The molecule has 0 radical (unpaired) electrons. The van der Waals surface area contributed by atoms with Gasteiger partial charge in [-0.05, 0) is 74.7 Å². The van der Waals surface area contributed by atoms with Gasteiger partial charge in [0.25, 0.3) is 0 Å². The van der Waals surface area contributed by atoms with Crippen molar-refractivity contribution in [1.82, 2.24) is 0 Å². The molecule has 3 saturated carbocycles. The van der Waals surface area contributed by atoms with Crippen molar-refractivity contribution < 1.29 is 14.9 Å². The van der Waals surface area contributed by atoms with Gasteiger partial charge in [-0.2, -0.15) is 0 Å². The van der Waals surface area contributed by atoms with Gasteiger partial charge in [0.15, 0.2) is 0 Å². The molecule has 3 heteroatoms. The summed E-state index contributed by atoms with van der Waals surface area (Å²) in [4.78, 5) is 12.7. The van der Waals surface area contributed by atoms with Crippen LogP contribution in [0.3, 0.4) is 0 Å². The van der Waals surface area contributed by atoms with Crippen LogP contribution in [0.5, 0.6) is 0 Å². The van der Waals surface area contributed by atoms with Gasteiger partial charge >= 0.3 is 0 Å². The van der Waals surface area contributed by atoms with Crippen LogP contribution in [0, 0.1) is 40.4 Å². The molecule has 2 aliphatic heterocycles. The summed E-state index contributed by atoms with van der Waals surface area (Å²) >= 11 is 0. The summed E-state index contributed by atoms with van der Waals surface area (Å²) in [5.41, 5.74) is 0.809. The van der Waals surface area contributed by atoms with E-state index in [-0.39, 0.29) is 22.5 Å². The molecule has 0 unspecified atom stereocenters. The summed E-state index contributed by atoms with van der Waals surface area (Å²) in [6, 6.07) is 0. The Bertz CT molecular complexity index is 815. The van der Waals surface area contributed by atoms with E-state index in [0.717, 1.165) is 12.8 Å². The molecule has 1 N–H and O–H groups in total. The average molecular weight is 427 g/mol. The van der Waals surface area contributed by atoms with Crippen LogP contribution in [0.4, 0.5) is 0 Å². The van der Waals surface area contributed by atoms with Crippen molar-refractivity contribution in [1.29, 1.82) is 0 Å². The minimum atomic E-state index is -0.447. The maximum atomic E-state index is 10.4. The second-order valence-corrected chi connectivity index (χ2v) is 12.3. The average Bonchev–Trinajstić information content (AvgIpc) is 3.09. The lowest BCUT2D eigenvalue weighted by Gasteiger charge is -2.69. The van der Waals surface area contributed by atoms with Crippen molar-refractivity contribution in [3.63, 3.8) is 0 Å². The van der Waals surface area contributed by atoms with Crippen LogP contribution in [-0.2, 0) is 9.78 Å². The number of hydrogen-bond acceptors (Lipinski definition) is 3. The molecule has 0 aromatic carbocycles. The van der Waals surface area contributed by atoms with E-state index in [0.29, 0.717) is 36.0 Å². The Balaban J connectivity index is 1.46. The molecule has 2 spiro atoms. The lowest BCUT2D eigenvalue weighted by Crippen LogP contribution is -2.73. The molecular weight excluding hydrogens is 384 g/mol. The fourth-order valence-electron chi connectivity index (χ4n) is 8.64. The summed E-state index contributed by atoms with van der Waals surface area (Å²) in [5.74, 6) is 2.65. The minimum Gasteiger partial charge on any atom is -0.393 e. The Labute approximate surface area is 188 Å². The third kappa shape index (κ3) is 2.82. The van der Waals surface area contributed by atoms with E-state index < -0.39 is 5.60 Å². The van der Waals surface area contributed by atoms with Gasteiger partial charge < -0.3 is 5.11 Å². The van der Waals surface area contributed by atoms with Gasteiger partial charge in [0.1, 0.15) is 11.2 Å². The molecular formula is C28H42O3. The molecule has 10 atom stereocenters.